The van der Waals surface area contributed by atoms with Crippen molar-refractivity contribution in [3.05, 3.63) is 66.7 Å². The molecule has 0 atom stereocenters. The number of hydrogen-bond donors (Lipinski definition) is 4. The minimum absolute atomic E-state index is 0.695. The van der Waals surface area contributed by atoms with E-state index in [1.165, 1.54) is 43.3 Å². The number of alkyl halides is 3. The van der Waals surface area contributed by atoms with Crippen LogP contribution in [0.3, 0.4) is 0 Å². The van der Waals surface area contributed by atoms with Gasteiger partial charge in [0.1, 0.15) is 0 Å². The number of H-pyrrole nitrogens is 1. The number of aromatic amines is 1. The maximum absolute atomic E-state index is 10.6. The summed E-state index contributed by atoms with van der Waals surface area (Å²) in [6.45, 7) is 5.83. The van der Waals surface area contributed by atoms with Crippen LogP contribution in [0, 0.1) is 0 Å². The second-order valence-corrected chi connectivity index (χ2v) is 10.6. The lowest BCUT2D eigenvalue weighted by Gasteiger charge is -2.35. The van der Waals surface area contributed by atoms with Crippen molar-refractivity contribution in [1.82, 2.24) is 10.3 Å². The lowest BCUT2D eigenvalue weighted by Crippen LogP contribution is -2.43. The number of para-hydroxylation sites is 1. The first-order chi connectivity index (χ1) is 19.2. The van der Waals surface area contributed by atoms with Crippen molar-refractivity contribution in [1.29, 1.82) is 0 Å². The Morgan fingerprint density at radius 3 is 2.33 bits per heavy atom. The van der Waals surface area contributed by atoms with E-state index in [0.717, 1.165) is 44.8 Å². The zero-order valence-corrected chi connectivity index (χ0v) is 22.5. The van der Waals surface area contributed by atoms with Gasteiger partial charge in [0.15, 0.2) is 0 Å². The summed E-state index contributed by atoms with van der Waals surface area (Å²) in [5.41, 5.74) is 13.3. The maximum Gasteiger partial charge on any atom is 0.490 e. The first-order valence-corrected chi connectivity index (χ1v) is 13.8. The largest absolute Gasteiger partial charge is 0.490 e. The Hall–Kier alpha value is -3.67. The van der Waals surface area contributed by atoms with E-state index in [9.17, 15) is 13.2 Å². The van der Waals surface area contributed by atoms with Crippen LogP contribution in [0.4, 0.5) is 30.2 Å². The topological polar surface area (TPSA) is 97.6 Å². The second kappa shape index (κ2) is 11.8. The summed E-state index contributed by atoms with van der Waals surface area (Å²) in [4.78, 5) is 20.0. The number of carboxylic acids is 1. The van der Waals surface area contributed by atoms with E-state index in [1.54, 1.807) is 0 Å². The predicted octanol–water partition coefficient (Wildman–Crippen LogP) is 5.83. The highest BCUT2D eigenvalue weighted by Gasteiger charge is 2.38. The molecule has 210 valence electrons. The lowest BCUT2D eigenvalue weighted by molar-refractivity contribution is -0.192. The second-order valence-electron chi connectivity index (χ2n) is 9.54. The Morgan fingerprint density at radius 1 is 0.975 bits per heavy atom. The monoisotopic (exact) mass is 569 g/mol. The third-order valence-corrected chi connectivity index (χ3v) is 7.95. The molecule has 3 aromatic carbocycles. The van der Waals surface area contributed by atoms with Gasteiger partial charge in [0.2, 0.25) is 0 Å². The standard InChI is InChI=1S/C27H29N5S.C2HF3O2/c28-10-3-13-32-24-8-6-20(23-16-19-4-1-2-5-22(19)30-23)17-26(24)33-27-18-21(7-9-25(27)32)31-14-11-29-12-15-31;3-2(4,5)1(6)7/h1-2,4-9,16-18,29-30H,3,10-15,28H2;(H,6,7). The number of aliphatic carboxylic acids is 1. The summed E-state index contributed by atoms with van der Waals surface area (Å²) in [5, 5.41) is 11.8. The highest BCUT2D eigenvalue weighted by Crippen LogP contribution is 2.50. The van der Waals surface area contributed by atoms with Crippen LogP contribution in [-0.2, 0) is 4.79 Å². The first-order valence-electron chi connectivity index (χ1n) is 13.0. The van der Waals surface area contributed by atoms with Gasteiger partial charge in [-0.15, -0.1) is 0 Å². The average molecular weight is 570 g/mol. The zero-order valence-electron chi connectivity index (χ0n) is 21.7. The van der Waals surface area contributed by atoms with Crippen LogP contribution >= 0.6 is 11.8 Å². The van der Waals surface area contributed by atoms with Gasteiger partial charge in [0, 0.05) is 64.8 Å². The number of nitrogens with two attached hydrogens (primary N) is 1. The zero-order chi connectivity index (χ0) is 28.3. The fourth-order valence-corrected chi connectivity index (χ4v) is 6.05. The Morgan fingerprint density at radius 2 is 1.65 bits per heavy atom. The number of fused-ring (bicyclic) bond motifs is 3. The van der Waals surface area contributed by atoms with Gasteiger partial charge in [0.25, 0.3) is 0 Å². The molecule has 0 bridgehead atoms. The molecule has 3 heterocycles. The van der Waals surface area contributed by atoms with Crippen molar-refractivity contribution >= 4 is 45.7 Å². The van der Waals surface area contributed by atoms with Crippen molar-refractivity contribution in [3.63, 3.8) is 0 Å². The molecule has 4 aromatic rings. The molecule has 0 aliphatic carbocycles. The summed E-state index contributed by atoms with van der Waals surface area (Å²) in [6, 6.07) is 24.5. The number of piperazine rings is 1. The van der Waals surface area contributed by atoms with Gasteiger partial charge in [-0.25, -0.2) is 4.79 Å². The van der Waals surface area contributed by atoms with Crippen LogP contribution in [0.1, 0.15) is 6.42 Å². The van der Waals surface area contributed by atoms with Crippen molar-refractivity contribution in [2.24, 2.45) is 5.73 Å². The molecule has 7 nitrogen and oxygen atoms in total. The molecule has 6 rings (SSSR count). The molecule has 0 amide bonds. The van der Waals surface area contributed by atoms with E-state index in [1.807, 2.05) is 11.8 Å². The minimum atomic E-state index is -5.08. The van der Waals surface area contributed by atoms with Crippen LogP contribution in [0.25, 0.3) is 22.2 Å². The third kappa shape index (κ3) is 6.06. The van der Waals surface area contributed by atoms with Crippen molar-refractivity contribution in [2.75, 3.05) is 49.1 Å². The molecule has 1 aromatic heterocycles. The molecule has 2 aliphatic heterocycles. The summed E-state index contributed by atoms with van der Waals surface area (Å²) in [7, 11) is 0. The number of nitrogens with one attached hydrogen (secondary N) is 2. The summed E-state index contributed by atoms with van der Waals surface area (Å²) >= 11 is 1.88. The van der Waals surface area contributed by atoms with Gasteiger partial charge in [-0.1, -0.05) is 36.0 Å². The number of anilines is 3. The molecule has 2 aliphatic rings. The molecule has 5 N–H and O–H groups in total. The Bertz CT molecular complexity index is 1470. The number of hydrogen-bond acceptors (Lipinski definition) is 6. The van der Waals surface area contributed by atoms with E-state index in [0.29, 0.717) is 6.54 Å². The molecule has 40 heavy (non-hydrogen) atoms. The summed E-state index contributed by atoms with van der Waals surface area (Å²) in [5.74, 6) is -2.76. The van der Waals surface area contributed by atoms with Crippen LogP contribution in [0.2, 0.25) is 0 Å². The number of nitrogens with zero attached hydrogens (tertiary/aromatic N) is 2. The molecule has 1 fully saturated rings. The Labute approximate surface area is 234 Å². The van der Waals surface area contributed by atoms with Gasteiger partial charge >= 0.3 is 12.1 Å². The van der Waals surface area contributed by atoms with Gasteiger partial charge in [-0.3, -0.25) is 0 Å². The summed E-state index contributed by atoms with van der Waals surface area (Å²) in [6.07, 6.45) is -4.12. The van der Waals surface area contributed by atoms with E-state index in [2.05, 4.69) is 86.8 Å². The molecule has 0 saturated carbocycles. The Balaban J connectivity index is 0.000000411. The number of carboxylic acid groups (broad SMARTS) is 1. The fraction of sp³-hybridized carbons (Fsp3) is 0.276. The smallest absolute Gasteiger partial charge is 0.475 e. The summed E-state index contributed by atoms with van der Waals surface area (Å²) < 4.78 is 31.7. The molecule has 1 saturated heterocycles. The number of carbonyl (C=O) groups is 1. The molecular formula is C29H30F3N5O2S. The van der Waals surface area contributed by atoms with E-state index in [-0.39, 0.29) is 0 Å². The minimum Gasteiger partial charge on any atom is -0.475 e. The van der Waals surface area contributed by atoms with Gasteiger partial charge in [0.05, 0.1) is 11.4 Å². The van der Waals surface area contributed by atoms with Crippen molar-refractivity contribution in [3.8, 4) is 11.3 Å². The number of rotatable bonds is 5. The van der Waals surface area contributed by atoms with Crippen LogP contribution in [0.15, 0.2) is 76.5 Å². The van der Waals surface area contributed by atoms with Crippen molar-refractivity contribution < 1.29 is 23.1 Å². The molecule has 0 radical (unpaired) electrons. The van der Waals surface area contributed by atoms with Crippen LogP contribution in [-0.4, -0.2) is 61.5 Å². The fourth-order valence-electron chi connectivity index (χ4n) is 4.88. The number of benzene rings is 3. The highest BCUT2D eigenvalue weighted by molar-refractivity contribution is 7.99. The van der Waals surface area contributed by atoms with E-state index < -0.39 is 12.1 Å². The number of aromatic nitrogens is 1. The van der Waals surface area contributed by atoms with E-state index >= 15 is 0 Å². The SMILES string of the molecule is NCCCN1c2ccc(-c3cc4ccccc4[nH]3)cc2Sc2cc(N3CCNCC3)ccc21.O=C(O)C(F)(F)F. The van der Waals surface area contributed by atoms with Crippen LogP contribution < -0.4 is 20.9 Å². The average Bonchev–Trinajstić information content (AvgIpc) is 3.39. The normalized spacial score (nSPS) is 14.8. The molecular weight excluding hydrogens is 539 g/mol. The van der Waals surface area contributed by atoms with Crippen LogP contribution in [0.5, 0.6) is 0 Å². The maximum atomic E-state index is 10.6. The lowest BCUT2D eigenvalue weighted by atomic mass is 10.1. The Kier molecular flexibility index (Phi) is 8.24. The molecule has 0 unspecified atom stereocenters. The van der Waals surface area contributed by atoms with Crippen molar-refractivity contribution in [2.45, 2.75) is 22.4 Å². The highest BCUT2D eigenvalue weighted by atomic mass is 32.2. The van der Waals surface area contributed by atoms with Gasteiger partial charge in [-0.2, -0.15) is 13.2 Å². The third-order valence-electron chi connectivity index (χ3n) is 6.86. The predicted molar refractivity (Wildman–Crippen MR) is 154 cm³/mol. The quantitative estimate of drug-likeness (QED) is 0.240. The molecule has 0 spiro atoms. The molecule has 11 heteroatoms. The van der Waals surface area contributed by atoms with Gasteiger partial charge < -0.3 is 30.9 Å². The number of halogens is 3. The first kappa shape index (κ1) is 27.9. The van der Waals surface area contributed by atoms with E-state index in [4.69, 9.17) is 15.6 Å². The van der Waals surface area contributed by atoms with Gasteiger partial charge in [-0.05, 0) is 61.0 Å².